The van der Waals surface area contributed by atoms with Gasteiger partial charge in [0.1, 0.15) is 0 Å². The highest BCUT2D eigenvalue weighted by Gasteiger charge is 2.35. The quantitative estimate of drug-likeness (QED) is 0.557. The predicted molar refractivity (Wildman–Crippen MR) is 104 cm³/mol. The van der Waals surface area contributed by atoms with Crippen LogP contribution in [-0.2, 0) is 0 Å². The molecule has 0 unspecified atom stereocenters. The number of carbonyl (C=O) groups is 3. The molecule has 0 bridgehead atoms. The summed E-state index contributed by atoms with van der Waals surface area (Å²) in [5.41, 5.74) is 1.74. The van der Waals surface area contributed by atoms with Crippen LogP contribution >= 0.6 is 22.6 Å². The van der Waals surface area contributed by atoms with Gasteiger partial charge in [-0.3, -0.25) is 19.3 Å². The molecule has 0 atom stereocenters. The number of anilines is 1. The van der Waals surface area contributed by atoms with Gasteiger partial charge in [-0.05, 0) is 59.3 Å². The van der Waals surface area contributed by atoms with Gasteiger partial charge in [-0.15, -0.1) is 0 Å². The number of nitrogens with one attached hydrogen (secondary N) is 1. The van der Waals surface area contributed by atoms with Crippen molar-refractivity contribution in [2.45, 2.75) is 19.8 Å². The number of benzene rings is 2. The third-order valence-corrected chi connectivity index (χ3v) is 5.03. The molecule has 1 heterocycles. The Kier molecular flexibility index (Phi) is 5.17. The number of carbonyl (C=O) groups excluding carboxylic acids is 3. The lowest BCUT2D eigenvalue weighted by Gasteiger charge is -2.12. The number of para-hydroxylation sites is 1. The van der Waals surface area contributed by atoms with Crippen molar-refractivity contribution in [1.29, 1.82) is 0 Å². The van der Waals surface area contributed by atoms with Crippen molar-refractivity contribution in [3.8, 4) is 0 Å². The average molecular weight is 448 g/mol. The van der Waals surface area contributed by atoms with Gasteiger partial charge in [0.05, 0.1) is 16.8 Å². The van der Waals surface area contributed by atoms with Crippen LogP contribution in [0.5, 0.6) is 0 Å². The molecule has 0 aliphatic carbocycles. The molecule has 3 rings (SSSR count). The molecular formula is C19H17IN2O3. The minimum atomic E-state index is -0.322. The molecule has 5 nitrogen and oxygen atoms in total. The first-order chi connectivity index (χ1) is 12.0. The molecule has 0 radical (unpaired) electrons. The van der Waals surface area contributed by atoms with Gasteiger partial charge in [0.2, 0.25) is 0 Å². The molecule has 0 aromatic heterocycles. The minimum absolute atomic E-state index is 0.280. The van der Waals surface area contributed by atoms with Gasteiger partial charge in [-0.25, -0.2) is 0 Å². The summed E-state index contributed by atoms with van der Waals surface area (Å²) in [6.45, 7) is 2.41. The maximum absolute atomic E-state index is 12.5. The number of fused-ring (bicyclic) bond motifs is 1. The summed E-state index contributed by atoms with van der Waals surface area (Å²) in [5.74, 6) is -0.908. The average Bonchev–Trinajstić information content (AvgIpc) is 2.85. The molecule has 1 aliphatic heterocycles. The fourth-order valence-corrected chi connectivity index (χ4v) is 3.23. The van der Waals surface area contributed by atoms with Crippen LogP contribution in [0.2, 0.25) is 0 Å². The lowest BCUT2D eigenvalue weighted by Crippen LogP contribution is -2.30. The van der Waals surface area contributed by atoms with Crippen LogP contribution in [0.15, 0.2) is 42.5 Å². The molecule has 6 heteroatoms. The van der Waals surface area contributed by atoms with Crippen LogP contribution < -0.4 is 5.32 Å². The Hall–Kier alpha value is -2.22. The first-order valence-electron chi connectivity index (χ1n) is 8.09. The normalized spacial score (nSPS) is 13.1. The molecular weight excluding hydrogens is 431 g/mol. The standard InChI is InChI=1S/C19H17IN2O3/c1-2-3-10-22-18(24)13-9-8-12(11-14(13)19(22)25)17(23)21-16-7-5-4-6-15(16)20/h4-9,11H,2-3,10H2,1H3,(H,21,23). The Morgan fingerprint density at radius 3 is 2.52 bits per heavy atom. The lowest BCUT2D eigenvalue weighted by molar-refractivity contribution is 0.0652. The molecule has 25 heavy (non-hydrogen) atoms. The highest BCUT2D eigenvalue weighted by molar-refractivity contribution is 14.1. The molecule has 1 aliphatic rings. The first kappa shape index (κ1) is 17.6. The van der Waals surface area contributed by atoms with Crippen LogP contribution in [0.3, 0.4) is 0 Å². The molecule has 2 aromatic rings. The van der Waals surface area contributed by atoms with Crippen molar-refractivity contribution in [3.63, 3.8) is 0 Å². The third kappa shape index (κ3) is 3.44. The van der Waals surface area contributed by atoms with E-state index >= 15 is 0 Å². The van der Waals surface area contributed by atoms with Gasteiger partial charge < -0.3 is 5.32 Å². The van der Waals surface area contributed by atoms with Crippen molar-refractivity contribution in [3.05, 3.63) is 62.7 Å². The van der Waals surface area contributed by atoms with Gasteiger partial charge in [0.25, 0.3) is 17.7 Å². The van der Waals surface area contributed by atoms with Gasteiger partial charge in [-0.1, -0.05) is 25.5 Å². The Labute approximate surface area is 159 Å². The van der Waals surface area contributed by atoms with E-state index in [1.807, 2.05) is 31.2 Å². The molecule has 0 saturated carbocycles. The maximum Gasteiger partial charge on any atom is 0.261 e. The highest BCUT2D eigenvalue weighted by atomic mass is 127. The molecule has 1 N–H and O–H groups in total. The van der Waals surface area contributed by atoms with Crippen molar-refractivity contribution in [1.82, 2.24) is 4.90 Å². The van der Waals surface area contributed by atoms with Crippen LogP contribution in [0.4, 0.5) is 5.69 Å². The zero-order valence-corrected chi connectivity index (χ0v) is 15.9. The second-order valence-corrected chi connectivity index (χ2v) is 6.97. The highest BCUT2D eigenvalue weighted by Crippen LogP contribution is 2.25. The van der Waals surface area contributed by atoms with Crippen LogP contribution in [-0.4, -0.2) is 29.2 Å². The Balaban J connectivity index is 1.84. The summed E-state index contributed by atoms with van der Waals surface area (Å²) in [5, 5.41) is 2.83. The topological polar surface area (TPSA) is 66.5 Å². The van der Waals surface area contributed by atoms with E-state index in [4.69, 9.17) is 0 Å². The molecule has 128 valence electrons. The third-order valence-electron chi connectivity index (χ3n) is 4.09. The summed E-state index contributed by atoms with van der Waals surface area (Å²) in [4.78, 5) is 38.5. The Morgan fingerprint density at radius 1 is 1.08 bits per heavy atom. The van der Waals surface area contributed by atoms with Crippen molar-refractivity contribution in [2.75, 3.05) is 11.9 Å². The molecule has 3 amide bonds. The second kappa shape index (κ2) is 7.35. The monoisotopic (exact) mass is 448 g/mol. The van der Waals surface area contributed by atoms with Gasteiger partial charge in [0.15, 0.2) is 0 Å². The zero-order chi connectivity index (χ0) is 18.0. The Bertz CT molecular complexity index is 863. The lowest BCUT2D eigenvalue weighted by atomic mass is 10.1. The van der Waals surface area contributed by atoms with E-state index in [1.54, 1.807) is 12.1 Å². The zero-order valence-electron chi connectivity index (χ0n) is 13.7. The van der Waals surface area contributed by atoms with Crippen molar-refractivity contribution < 1.29 is 14.4 Å². The van der Waals surface area contributed by atoms with E-state index in [2.05, 4.69) is 27.9 Å². The van der Waals surface area contributed by atoms with E-state index in [1.165, 1.54) is 11.0 Å². The maximum atomic E-state index is 12.5. The fraction of sp³-hybridized carbons (Fsp3) is 0.211. The number of rotatable bonds is 5. The number of hydrogen-bond donors (Lipinski definition) is 1. The SMILES string of the molecule is CCCCN1C(=O)c2ccc(C(=O)Nc3ccccc3I)cc2C1=O. The molecule has 0 fully saturated rings. The van der Waals surface area contributed by atoms with Crippen LogP contribution in [0.1, 0.15) is 50.8 Å². The number of hydrogen-bond acceptors (Lipinski definition) is 3. The number of imide groups is 1. The smallest absolute Gasteiger partial charge is 0.261 e. The molecule has 2 aromatic carbocycles. The molecule has 0 saturated heterocycles. The van der Waals surface area contributed by atoms with E-state index in [9.17, 15) is 14.4 Å². The van der Waals surface area contributed by atoms with Crippen molar-refractivity contribution in [2.24, 2.45) is 0 Å². The first-order valence-corrected chi connectivity index (χ1v) is 9.17. The number of unbranched alkanes of at least 4 members (excludes halogenated alkanes) is 1. The fourth-order valence-electron chi connectivity index (χ4n) is 2.71. The summed E-state index contributed by atoms with van der Waals surface area (Å²) < 4.78 is 0.923. The van der Waals surface area contributed by atoms with Gasteiger partial charge >= 0.3 is 0 Å². The summed E-state index contributed by atoms with van der Waals surface area (Å²) in [6, 6.07) is 12.1. The largest absolute Gasteiger partial charge is 0.321 e. The van der Waals surface area contributed by atoms with E-state index in [-0.39, 0.29) is 17.7 Å². The van der Waals surface area contributed by atoms with E-state index < -0.39 is 0 Å². The summed E-state index contributed by atoms with van der Waals surface area (Å²) in [7, 11) is 0. The summed E-state index contributed by atoms with van der Waals surface area (Å²) in [6.07, 6.45) is 1.67. The van der Waals surface area contributed by atoms with Gasteiger partial charge in [-0.2, -0.15) is 0 Å². The number of amides is 3. The van der Waals surface area contributed by atoms with Crippen LogP contribution in [0.25, 0.3) is 0 Å². The number of halogens is 1. The van der Waals surface area contributed by atoms with Crippen molar-refractivity contribution >= 4 is 46.0 Å². The predicted octanol–water partition coefficient (Wildman–Crippen LogP) is 3.94. The second-order valence-electron chi connectivity index (χ2n) is 5.81. The van der Waals surface area contributed by atoms with Gasteiger partial charge in [0, 0.05) is 15.7 Å². The Morgan fingerprint density at radius 2 is 1.80 bits per heavy atom. The minimum Gasteiger partial charge on any atom is -0.321 e. The van der Waals surface area contributed by atoms with Crippen LogP contribution in [0, 0.1) is 3.57 Å². The van der Waals surface area contributed by atoms with E-state index in [0.717, 1.165) is 16.4 Å². The number of nitrogens with zero attached hydrogens (tertiary/aromatic N) is 1. The molecule has 0 spiro atoms. The summed E-state index contributed by atoms with van der Waals surface area (Å²) >= 11 is 2.14. The van der Waals surface area contributed by atoms with E-state index in [0.29, 0.717) is 28.9 Å².